The molecule has 2 aliphatic rings. The average molecular weight is 659 g/mol. The predicted molar refractivity (Wildman–Crippen MR) is 173 cm³/mol. The van der Waals surface area contributed by atoms with Crippen LogP contribution >= 0.6 is 0 Å². The SMILES string of the molecule is [2H]C([2H])([2H])n1c(=O)n([C@@H]2CC[C@@]([2H])(NC(=O)OC)C2)c2cc(Nc3ccc4c(C(=O)O)nn([C@@]5(C(=O)OCc6ccccc6)C[C@@H]5C)c4n3)ncc21. The number of ether oxygens (including phenoxy) is 2. The fourth-order valence-electron chi connectivity index (χ4n) is 6.45. The number of fused-ring (bicyclic) bond motifs is 2. The molecule has 7 rings (SSSR count). The van der Waals surface area contributed by atoms with Gasteiger partial charge in [0.05, 0.1) is 31.1 Å². The van der Waals surface area contributed by atoms with Crippen LogP contribution in [0.2, 0.25) is 0 Å². The number of nitrogens with zero attached hydrogens (tertiary/aromatic N) is 6. The van der Waals surface area contributed by atoms with Crippen molar-refractivity contribution in [2.75, 3.05) is 12.4 Å². The summed E-state index contributed by atoms with van der Waals surface area (Å²) in [5.74, 6) is -1.75. The number of carbonyl (C=O) groups excluding carboxylic acids is 2. The maximum absolute atomic E-state index is 13.7. The third-order valence-electron chi connectivity index (χ3n) is 9.06. The second kappa shape index (κ2) is 11.8. The van der Waals surface area contributed by atoms with Gasteiger partial charge in [0.1, 0.15) is 18.2 Å². The molecule has 2 aliphatic carbocycles. The molecule has 4 heterocycles. The molecule has 0 saturated heterocycles. The van der Waals surface area contributed by atoms with E-state index in [9.17, 15) is 24.3 Å². The minimum Gasteiger partial charge on any atom is -0.476 e. The number of carboxylic acids is 1. The molecular weight excluding hydrogens is 620 g/mol. The van der Waals surface area contributed by atoms with Crippen molar-refractivity contribution < 1.29 is 34.4 Å². The van der Waals surface area contributed by atoms with E-state index in [1.165, 1.54) is 40.8 Å². The fraction of sp³-hybridized carbons (Fsp3) is 0.364. The van der Waals surface area contributed by atoms with Crippen LogP contribution in [0, 0.1) is 5.92 Å². The van der Waals surface area contributed by atoms with Gasteiger partial charge in [-0.3, -0.25) is 9.13 Å². The number of pyridine rings is 2. The molecule has 1 aromatic carbocycles. The lowest BCUT2D eigenvalue weighted by Gasteiger charge is -2.17. The Labute approximate surface area is 279 Å². The van der Waals surface area contributed by atoms with Crippen molar-refractivity contribution in [1.82, 2.24) is 34.2 Å². The van der Waals surface area contributed by atoms with Crippen LogP contribution in [0.1, 0.15) is 60.2 Å². The highest BCUT2D eigenvalue weighted by Crippen LogP contribution is 2.52. The van der Waals surface area contributed by atoms with Crippen molar-refractivity contribution in [2.24, 2.45) is 12.9 Å². The molecule has 5 aromatic rings. The van der Waals surface area contributed by atoms with Crippen LogP contribution in [-0.4, -0.2) is 65.1 Å². The Morgan fingerprint density at radius 3 is 2.65 bits per heavy atom. The van der Waals surface area contributed by atoms with E-state index in [4.69, 9.17) is 10.2 Å². The lowest BCUT2D eigenvalue weighted by atomic mass is 10.2. The first kappa shape index (κ1) is 26.4. The molecule has 4 atom stereocenters. The van der Waals surface area contributed by atoms with Gasteiger partial charge in [0.25, 0.3) is 0 Å². The number of rotatable bonds is 9. The largest absolute Gasteiger partial charge is 0.476 e. The van der Waals surface area contributed by atoms with Crippen LogP contribution in [0.15, 0.2) is 59.5 Å². The summed E-state index contributed by atoms with van der Waals surface area (Å²) < 4.78 is 46.4. The lowest BCUT2D eigenvalue weighted by Crippen LogP contribution is -2.33. The highest BCUT2D eigenvalue weighted by molar-refractivity contribution is 6.01. The van der Waals surface area contributed by atoms with Crippen molar-refractivity contribution in [1.29, 1.82) is 0 Å². The van der Waals surface area contributed by atoms with Gasteiger partial charge in [0.15, 0.2) is 16.9 Å². The second-order valence-corrected chi connectivity index (χ2v) is 12.0. The first-order valence-corrected chi connectivity index (χ1v) is 15.3. The van der Waals surface area contributed by atoms with E-state index < -0.39 is 48.3 Å². The Morgan fingerprint density at radius 1 is 1.15 bits per heavy atom. The zero-order valence-corrected chi connectivity index (χ0v) is 26.0. The number of methoxy groups -OCH3 is 1. The van der Waals surface area contributed by atoms with Crippen LogP contribution < -0.4 is 16.3 Å². The number of anilines is 2. The minimum absolute atomic E-state index is 0.00921. The number of nitrogens with one attached hydrogen (secondary N) is 2. The summed E-state index contributed by atoms with van der Waals surface area (Å²) in [6.45, 7) is -0.985. The van der Waals surface area contributed by atoms with Crippen molar-refractivity contribution in [3.63, 3.8) is 0 Å². The number of aromatic nitrogens is 6. The van der Waals surface area contributed by atoms with Crippen LogP contribution in [0.3, 0.4) is 0 Å². The summed E-state index contributed by atoms with van der Waals surface area (Å²) in [4.78, 5) is 60.4. The van der Waals surface area contributed by atoms with E-state index in [2.05, 4.69) is 30.4 Å². The van der Waals surface area contributed by atoms with Crippen LogP contribution in [0.4, 0.5) is 16.4 Å². The number of alkyl carbamates (subject to hydrolysis) is 1. The molecule has 2 fully saturated rings. The summed E-state index contributed by atoms with van der Waals surface area (Å²) >= 11 is 0. The fourth-order valence-corrected chi connectivity index (χ4v) is 6.45. The molecule has 15 heteroatoms. The Balaban J connectivity index is 1.25. The quantitative estimate of drug-likeness (QED) is 0.196. The standard InChI is InChI=1S/C33H34N8O7/c1-18-15-33(18,30(44)48-17-19-7-5-4-6-8-19)41-28-22(27(38-41)29(42)43)11-12-25(37-28)36-26-14-23-24(16-34-26)39(2)32(46)40(23)21-10-9-20(13-21)35-31(45)47-3/h4-8,11-12,14,16,18,20-21H,9-10,13,15,17H2,1-3H3,(H,35,45)(H,42,43)(H,34,36,37)/t18-,20+,21+,33-/m0/s1/i2D3,20D. The zero-order chi connectivity index (χ0) is 37.2. The normalized spacial score (nSPS) is 24.7. The molecule has 3 N–H and O–H groups in total. The number of carbonyl (C=O) groups is 3. The Hall–Kier alpha value is -5.73. The number of imidazole rings is 1. The Morgan fingerprint density at radius 2 is 1.94 bits per heavy atom. The van der Waals surface area contributed by atoms with E-state index in [0.717, 1.165) is 5.56 Å². The van der Waals surface area contributed by atoms with Crippen molar-refractivity contribution in [2.45, 2.75) is 56.8 Å². The van der Waals surface area contributed by atoms with E-state index in [-0.39, 0.29) is 64.8 Å². The van der Waals surface area contributed by atoms with Crippen LogP contribution in [0.25, 0.3) is 22.1 Å². The molecule has 15 nitrogen and oxygen atoms in total. The first-order valence-electron chi connectivity index (χ1n) is 17.3. The molecule has 48 heavy (non-hydrogen) atoms. The van der Waals surface area contributed by atoms with Gasteiger partial charge in [-0.2, -0.15) is 5.10 Å². The number of hydrogen-bond donors (Lipinski definition) is 3. The van der Waals surface area contributed by atoms with E-state index in [1.54, 1.807) is 0 Å². The van der Waals surface area contributed by atoms with Gasteiger partial charge in [0, 0.05) is 29.2 Å². The highest BCUT2D eigenvalue weighted by Gasteiger charge is 2.62. The van der Waals surface area contributed by atoms with E-state index in [0.29, 0.717) is 17.4 Å². The number of esters is 1. The van der Waals surface area contributed by atoms with Gasteiger partial charge in [-0.1, -0.05) is 37.3 Å². The highest BCUT2D eigenvalue weighted by atomic mass is 16.5. The monoisotopic (exact) mass is 658 g/mol. The summed E-state index contributed by atoms with van der Waals surface area (Å²) in [5.41, 5.74) is -1.24. The second-order valence-electron chi connectivity index (χ2n) is 12.0. The Bertz CT molecular complexity index is 2310. The van der Waals surface area contributed by atoms with Crippen LogP contribution in [-0.2, 0) is 33.4 Å². The zero-order valence-electron chi connectivity index (χ0n) is 30.0. The topological polar surface area (TPSA) is 184 Å². The van der Waals surface area contributed by atoms with E-state index >= 15 is 0 Å². The van der Waals surface area contributed by atoms with Gasteiger partial charge in [-0.15, -0.1) is 0 Å². The van der Waals surface area contributed by atoms with Gasteiger partial charge in [0.2, 0.25) is 0 Å². The molecule has 4 aromatic heterocycles. The summed E-state index contributed by atoms with van der Waals surface area (Å²) in [5, 5.41) is 20.0. The lowest BCUT2D eigenvalue weighted by molar-refractivity contribution is -0.151. The molecule has 0 spiro atoms. The van der Waals surface area contributed by atoms with Crippen molar-refractivity contribution >= 4 is 51.7 Å². The summed E-state index contributed by atoms with van der Waals surface area (Å²) in [7, 11) is 1.18. The molecule has 0 aliphatic heterocycles. The summed E-state index contributed by atoms with van der Waals surface area (Å²) in [6.07, 6.45) is 1.28. The molecule has 2 saturated carbocycles. The summed E-state index contributed by atoms with van der Waals surface area (Å²) in [6, 6.07) is 11.6. The number of carboxylic acid groups (broad SMARTS) is 1. The molecule has 248 valence electrons. The van der Waals surface area contributed by atoms with Gasteiger partial charge in [-0.05, 0) is 49.3 Å². The molecular formula is C33H34N8O7. The van der Waals surface area contributed by atoms with Crippen molar-refractivity contribution in [3.05, 3.63) is 76.5 Å². The number of amides is 1. The average Bonchev–Trinajstić information content (AvgIpc) is 3.34. The maximum Gasteiger partial charge on any atom is 0.407 e. The molecule has 1 amide bonds. The molecule has 0 bridgehead atoms. The van der Waals surface area contributed by atoms with Crippen LogP contribution in [0.5, 0.6) is 0 Å². The number of hydrogen-bond acceptors (Lipinski definition) is 10. The smallest absolute Gasteiger partial charge is 0.407 e. The number of aryl methyl sites for hydroxylation is 1. The number of aromatic carboxylic acids is 1. The molecule has 0 radical (unpaired) electrons. The Kier molecular flexibility index (Phi) is 6.48. The van der Waals surface area contributed by atoms with Gasteiger partial charge >= 0.3 is 23.7 Å². The van der Waals surface area contributed by atoms with Gasteiger partial charge < -0.3 is 25.2 Å². The number of benzene rings is 1. The minimum atomic E-state index is -2.84. The van der Waals surface area contributed by atoms with E-state index in [1.807, 2.05) is 37.3 Å². The maximum atomic E-state index is 13.7. The third kappa shape index (κ3) is 5.20. The van der Waals surface area contributed by atoms with Gasteiger partial charge in [-0.25, -0.2) is 33.8 Å². The third-order valence-corrected chi connectivity index (χ3v) is 9.06. The molecule has 0 unspecified atom stereocenters. The predicted octanol–water partition coefficient (Wildman–Crippen LogP) is 3.85. The first-order chi connectivity index (χ1) is 24.6. The van der Waals surface area contributed by atoms with Crippen molar-refractivity contribution in [3.8, 4) is 0 Å².